The average Bonchev–Trinajstić information content (AvgIpc) is 2.86. The van der Waals surface area contributed by atoms with Crippen LogP contribution in [-0.4, -0.2) is 35.1 Å². The minimum atomic E-state index is -0.251. The van der Waals surface area contributed by atoms with Crippen molar-refractivity contribution in [2.45, 2.75) is 31.3 Å². The van der Waals surface area contributed by atoms with E-state index < -0.39 is 0 Å². The van der Waals surface area contributed by atoms with E-state index in [2.05, 4.69) is 15.2 Å². The van der Waals surface area contributed by atoms with E-state index in [9.17, 15) is 4.39 Å². The normalized spacial score (nSPS) is 29.3. The minimum Gasteiger partial charge on any atom is -0.363 e. The van der Waals surface area contributed by atoms with Gasteiger partial charge in [0.1, 0.15) is 0 Å². The fourth-order valence-electron chi connectivity index (χ4n) is 2.92. The maximum absolute atomic E-state index is 13.4. The Balaban J connectivity index is 1.73. The molecule has 0 saturated carbocycles. The molecule has 3 nitrogen and oxygen atoms in total. The van der Waals surface area contributed by atoms with Gasteiger partial charge >= 0.3 is 0 Å². The first-order valence-electron chi connectivity index (χ1n) is 5.96. The molecule has 2 unspecified atom stereocenters. The highest BCUT2D eigenvalue weighted by Gasteiger charge is 2.37. The summed E-state index contributed by atoms with van der Waals surface area (Å²) in [5, 5.41) is 3.25. The van der Waals surface area contributed by atoms with Gasteiger partial charge in [-0.15, -0.1) is 0 Å². The SMILES string of the molecule is Fc1cccnc1NC1CCN2CCCC12. The van der Waals surface area contributed by atoms with Crippen LogP contribution in [0.2, 0.25) is 0 Å². The standard InChI is InChI=1S/C12H16FN3/c13-9-3-1-6-14-12(9)15-10-5-8-16-7-2-4-11(10)16/h1,3,6,10-11H,2,4-5,7-8H2,(H,14,15). The molecule has 2 aliphatic rings. The van der Waals surface area contributed by atoms with Gasteiger partial charge in [-0.1, -0.05) is 0 Å². The number of pyridine rings is 1. The van der Waals surface area contributed by atoms with Crippen LogP contribution in [0.25, 0.3) is 0 Å². The molecule has 1 N–H and O–H groups in total. The van der Waals surface area contributed by atoms with Crippen molar-refractivity contribution in [2.24, 2.45) is 0 Å². The molecule has 86 valence electrons. The van der Waals surface area contributed by atoms with Crippen molar-refractivity contribution >= 4 is 5.82 Å². The second-order valence-corrected chi connectivity index (χ2v) is 4.62. The van der Waals surface area contributed by atoms with Crippen molar-refractivity contribution in [1.82, 2.24) is 9.88 Å². The lowest BCUT2D eigenvalue weighted by Gasteiger charge is -2.21. The second kappa shape index (κ2) is 4.01. The van der Waals surface area contributed by atoms with Gasteiger partial charge in [0.05, 0.1) is 0 Å². The van der Waals surface area contributed by atoms with E-state index in [4.69, 9.17) is 0 Å². The number of halogens is 1. The molecule has 16 heavy (non-hydrogen) atoms. The lowest BCUT2D eigenvalue weighted by Crippen LogP contribution is -2.34. The van der Waals surface area contributed by atoms with Crippen LogP contribution in [0.3, 0.4) is 0 Å². The van der Waals surface area contributed by atoms with Crippen LogP contribution < -0.4 is 5.32 Å². The van der Waals surface area contributed by atoms with Crippen LogP contribution in [0, 0.1) is 5.82 Å². The van der Waals surface area contributed by atoms with Gasteiger partial charge in [0.2, 0.25) is 0 Å². The fraction of sp³-hybridized carbons (Fsp3) is 0.583. The van der Waals surface area contributed by atoms with Crippen LogP contribution in [0.15, 0.2) is 18.3 Å². The molecule has 2 atom stereocenters. The Morgan fingerprint density at radius 2 is 2.31 bits per heavy atom. The van der Waals surface area contributed by atoms with E-state index in [1.165, 1.54) is 25.5 Å². The summed E-state index contributed by atoms with van der Waals surface area (Å²) < 4.78 is 13.4. The van der Waals surface area contributed by atoms with Crippen molar-refractivity contribution < 1.29 is 4.39 Å². The first kappa shape index (κ1) is 10.0. The summed E-state index contributed by atoms with van der Waals surface area (Å²) in [5.74, 6) is 0.153. The van der Waals surface area contributed by atoms with Gasteiger partial charge in [0.15, 0.2) is 11.6 Å². The fourth-order valence-corrected chi connectivity index (χ4v) is 2.92. The highest BCUT2D eigenvalue weighted by atomic mass is 19.1. The summed E-state index contributed by atoms with van der Waals surface area (Å²) in [6.45, 7) is 2.34. The Morgan fingerprint density at radius 3 is 3.19 bits per heavy atom. The Labute approximate surface area is 94.7 Å². The minimum absolute atomic E-state index is 0.251. The first-order chi connectivity index (χ1) is 7.84. The summed E-state index contributed by atoms with van der Waals surface area (Å²) in [6, 6.07) is 4.03. The van der Waals surface area contributed by atoms with Gasteiger partial charge in [-0.3, -0.25) is 4.90 Å². The van der Waals surface area contributed by atoms with Crippen LogP contribution in [0.5, 0.6) is 0 Å². The zero-order valence-corrected chi connectivity index (χ0v) is 9.19. The van der Waals surface area contributed by atoms with Gasteiger partial charge in [0.25, 0.3) is 0 Å². The molecule has 0 spiro atoms. The summed E-state index contributed by atoms with van der Waals surface area (Å²) in [5.41, 5.74) is 0. The number of rotatable bonds is 2. The van der Waals surface area contributed by atoms with E-state index in [1.54, 1.807) is 12.3 Å². The van der Waals surface area contributed by atoms with Crippen molar-refractivity contribution in [3.05, 3.63) is 24.1 Å². The lowest BCUT2D eigenvalue weighted by atomic mass is 10.1. The Kier molecular flexibility index (Phi) is 2.52. The number of fused-ring (bicyclic) bond motifs is 1. The van der Waals surface area contributed by atoms with Gasteiger partial charge in [-0.2, -0.15) is 0 Å². The van der Waals surface area contributed by atoms with Gasteiger partial charge < -0.3 is 5.32 Å². The molecule has 3 heterocycles. The lowest BCUT2D eigenvalue weighted by molar-refractivity contribution is 0.318. The molecule has 2 fully saturated rings. The third-order valence-electron chi connectivity index (χ3n) is 3.69. The predicted octanol–water partition coefficient (Wildman–Crippen LogP) is 1.87. The molecule has 4 heteroatoms. The van der Waals surface area contributed by atoms with E-state index in [1.807, 2.05) is 0 Å². The number of hydrogen-bond acceptors (Lipinski definition) is 3. The number of aromatic nitrogens is 1. The average molecular weight is 221 g/mol. The molecule has 3 rings (SSSR count). The van der Waals surface area contributed by atoms with E-state index in [-0.39, 0.29) is 5.82 Å². The van der Waals surface area contributed by atoms with Crippen molar-refractivity contribution in [3.63, 3.8) is 0 Å². The quantitative estimate of drug-likeness (QED) is 0.826. The Morgan fingerprint density at radius 1 is 1.38 bits per heavy atom. The zero-order chi connectivity index (χ0) is 11.0. The predicted molar refractivity (Wildman–Crippen MR) is 60.8 cm³/mol. The van der Waals surface area contributed by atoms with E-state index in [0.717, 1.165) is 13.0 Å². The zero-order valence-electron chi connectivity index (χ0n) is 9.19. The summed E-state index contributed by atoms with van der Waals surface area (Å²) in [7, 11) is 0. The molecule has 0 amide bonds. The number of nitrogens with zero attached hydrogens (tertiary/aromatic N) is 2. The highest BCUT2D eigenvalue weighted by Crippen LogP contribution is 2.30. The third-order valence-corrected chi connectivity index (χ3v) is 3.69. The molecular formula is C12H16FN3. The van der Waals surface area contributed by atoms with Crippen LogP contribution in [-0.2, 0) is 0 Å². The number of anilines is 1. The maximum Gasteiger partial charge on any atom is 0.165 e. The van der Waals surface area contributed by atoms with Crippen molar-refractivity contribution in [3.8, 4) is 0 Å². The highest BCUT2D eigenvalue weighted by molar-refractivity contribution is 5.37. The monoisotopic (exact) mass is 221 g/mol. The number of hydrogen-bond donors (Lipinski definition) is 1. The van der Waals surface area contributed by atoms with Gasteiger partial charge in [-0.05, 0) is 37.9 Å². The van der Waals surface area contributed by atoms with Crippen LogP contribution >= 0.6 is 0 Å². The molecule has 0 radical (unpaired) electrons. The molecule has 1 aromatic rings. The summed E-state index contributed by atoms with van der Waals surface area (Å²) in [4.78, 5) is 6.55. The molecule has 0 aliphatic carbocycles. The topological polar surface area (TPSA) is 28.2 Å². The van der Waals surface area contributed by atoms with Crippen molar-refractivity contribution in [2.75, 3.05) is 18.4 Å². The Bertz CT molecular complexity index is 382. The smallest absolute Gasteiger partial charge is 0.165 e. The molecule has 2 saturated heterocycles. The number of nitrogens with one attached hydrogen (secondary N) is 1. The van der Waals surface area contributed by atoms with E-state index in [0.29, 0.717) is 17.9 Å². The third kappa shape index (κ3) is 1.67. The Hall–Kier alpha value is -1.16. The van der Waals surface area contributed by atoms with Crippen LogP contribution in [0.1, 0.15) is 19.3 Å². The molecule has 2 aliphatic heterocycles. The van der Waals surface area contributed by atoms with Gasteiger partial charge in [-0.25, -0.2) is 9.37 Å². The first-order valence-corrected chi connectivity index (χ1v) is 5.96. The van der Waals surface area contributed by atoms with Gasteiger partial charge in [0, 0.05) is 24.8 Å². The molecule has 1 aromatic heterocycles. The molecular weight excluding hydrogens is 205 g/mol. The van der Waals surface area contributed by atoms with Crippen LogP contribution in [0.4, 0.5) is 10.2 Å². The van der Waals surface area contributed by atoms with Crippen molar-refractivity contribution in [1.29, 1.82) is 0 Å². The maximum atomic E-state index is 13.4. The largest absolute Gasteiger partial charge is 0.363 e. The second-order valence-electron chi connectivity index (χ2n) is 4.62. The molecule has 0 bridgehead atoms. The summed E-state index contributed by atoms with van der Waals surface area (Å²) in [6.07, 6.45) is 5.23. The molecule has 0 aromatic carbocycles. The van der Waals surface area contributed by atoms with E-state index >= 15 is 0 Å². The summed E-state index contributed by atoms with van der Waals surface area (Å²) >= 11 is 0.